The van der Waals surface area contributed by atoms with Gasteiger partial charge in [-0.3, -0.25) is 4.79 Å². The maximum atomic E-state index is 14.3. The summed E-state index contributed by atoms with van der Waals surface area (Å²) in [5.74, 6) is 0.0644. The van der Waals surface area contributed by atoms with Crippen molar-refractivity contribution in [2.45, 2.75) is 5.41 Å². The summed E-state index contributed by atoms with van der Waals surface area (Å²) >= 11 is 0. The number of carbonyl (C=O) groups is 1. The van der Waals surface area contributed by atoms with E-state index in [9.17, 15) is 4.79 Å². The van der Waals surface area contributed by atoms with Crippen molar-refractivity contribution in [1.82, 2.24) is 0 Å². The summed E-state index contributed by atoms with van der Waals surface area (Å²) in [5, 5.41) is 0. The zero-order chi connectivity index (χ0) is 35.4. The molecule has 8 aromatic rings. The van der Waals surface area contributed by atoms with Crippen molar-refractivity contribution in [2.75, 3.05) is 9.80 Å². The Morgan fingerprint density at radius 2 is 0.604 bits per heavy atom. The van der Waals surface area contributed by atoms with E-state index in [2.05, 4.69) is 192 Å². The Morgan fingerprint density at radius 1 is 0.283 bits per heavy atom. The van der Waals surface area contributed by atoms with Gasteiger partial charge in [-0.05, 0) is 106 Å². The smallest absolute Gasteiger partial charge is 0.193 e. The molecule has 0 unspecified atom stereocenters. The number of ketones is 1. The molecule has 0 saturated heterocycles. The summed E-state index contributed by atoms with van der Waals surface area (Å²) in [7, 11) is 0. The number of anilines is 6. The van der Waals surface area contributed by atoms with Crippen LogP contribution >= 0.6 is 0 Å². The number of hydrogen-bond donors (Lipinski definition) is 0. The molecule has 0 aromatic heterocycles. The van der Waals surface area contributed by atoms with Gasteiger partial charge in [0.25, 0.3) is 0 Å². The first-order valence-electron chi connectivity index (χ1n) is 18.1. The summed E-state index contributed by atoms with van der Waals surface area (Å²) in [6, 6.07) is 72.4. The highest BCUT2D eigenvalue weighted by Crippen LogP contribution is 2.61. The first kappa shape index (κ1) is 30.8. The topological polar surface area (TPSA) is 23.6 Å². The average molecular weight is 679 g/mol. The molecule has 53 heavy (non-hydrogen) atoms. The van der Waals surface area contributed by atoms with E-state index in [4.69, 9.17) is 0 Å². The molecule has 0 N–H and O–H groups in total. The van der Waals surface area contributed by atoms with Crippen molar-refractivity contribution >= 4 is 39.9 Å². The van der Waals surface area contributed by atoms with Crippen LogP contribution in [0.1, 0.15) is 38.2 Å². The van der Waals surface area contributed by atoms with Crippen molar-refractivity contribution in [2.24, 2.45) is 0 Å². The van der Waals surface area contributed by atoms with Crippen LogP contribution in [0, 0.1) is 0 Å². The van der Waals surface area contributed by atoms with Gasteiger partial charge in [-0.15, -0.1) is 0 Å². The van der Waals surface area contributed by atoms with Crippen LogP contribution in [0.5, 0.6) is 0 Å². The summed E-state index contributed by atoms with van der Waals surface area (Å²) in [5.41, 5.74) is 13.8. The Balaban J connectivity index is 1.29. The largest absolute Gasteiger partial charge is 0.310 e. The molecule has 0 saturated carbocycles. The number of rotatable bonds is 6. The standard InChI is InChI=1S/C50H34N2O/c53-49-43-25-13-15-27-45(43)50(46-28-16-14-26-44(46)49)47-33-39(51(35-17-5-1-6-18-35)36-19-7-2-8-20-36)29-31-41(47)42-32-30-40(34-48(42)50)52(37-21-9-3-10-22-37)38-23-11-4-12-24-38/h1-34H. The molecule has 0 fully saturated rings. The van der Waals surface area contributed by atoms with Gasteiger partial charge >= 0.3 is 0 Å². The van der Waals surface area contributed by atoms with Crippen molar-refractivity contribution in [1.29, 1.82) is 0 Å². The third-order valence-corrected chi connectivity index (χ3v) is 10.8. The SMILES string of the molecule is O=C1c2ccccc2C2(c3ccccc31)c1cc(N(c3ccccc3)c3ccccc3)ccc1-c1ccc(N(c3ccccc3)c3ccccc3)cc12. The van der Waals surface area contributed by atoms with Gasteiger partial charge in [-0.25, -0.2) is 0 Å². The Labute approximate surface area is 309 Å². The first-order chi connectivity index (χ1) is 26.2. The van der Waals surface area contributed by atoms with Gasteiger partial charge in [0.1, 0.15) is 0 Å². The number of carbonyl (C=O) groups excluding carboxylic acids is 1. The molecule has 0 radical (unpaired) electrons. The van der Waals surface area contributed by atoms with Gasteiger partial charge in [0.05, 0.1) is 5.41 Å². The fourth-order valence-corrected chi connectivity index (χ4v) is 8.67. The molecule has 3 heteroatoms. The van der Waals surface area contributed by atoms with E-state index in [0.29, 0.717) is 0 Å². The van der Waals surface area contributed by atoms with Crippen LogP contribution in [0.15, 0.2) is 206 Å². The number of hydrogen-bond acceptors (Lipinski definition) is 3. The fraction of sp³-hybridized carbons (Fsp3) is 0.0200. The molecule has 0 atom stereocenters. The van der Waals surface area contributed by atoms with E-state index >= 15 is 0 Å². The monoisotopic (exact) mass is 678 g/mol. The van der Waals surface area contributed by atoms with Crippen LogP contribution in [-0.4, -0.2) is 5.78 Å². The van der Waals surface area contributed by atoms with Gasteiger partial charge in [-0.1, -0.05) is 133 Å². The average Bonchev–Trinajstić information content (AvgIpc) is 3.51. The normalized spacial score (nSPS) is 13.1. The second kappa shape index (κ2) is 12.4. The molecule has 2 aliphatic carbocycles. The van der Waals surface area contributed by atoms with Crippen LogP contribution in [0.4, 0.5) is 34.1 Å². The first-order valence-corrected chi connectivity index (χ1v) is 18.1. The Hall–Kier alpha value is -6.97. The fourth-order valence-electron chi connectivity index (χ4n) is 8.67. The lowest BCUT2D eigenvalue weighted by Crippen LogP contribution is -2.36. The Kier molecular flexibility index (Phi) is 7.19. The molecule has 0 amide bonds. The molecule has 1 spiro atoms. The summed E-state index contributed by atoms with van der Waals surface area (Å²) in [6.07, 6.45) is 0. The zero-order valence-electron chi connectivity index (χ0n) is 28.9. The zero-order valence-corrected chi connectivity index (χ0v) is 28.9. The van der Waals surface area contributed by atoms with Crippen molar-refractivity contribution in [3.8, 4) is 11.1 Å². The van der Waals surface area contributed by atoms with E-state index in [-0.39, 0.29) is 5.78 Å². The third kappa shape index (κ3) is 4.71. The molecule has 8 aromatic carbocycles. The van der Waals surface area contributed by atoms with Gasteiger partial charge in [-0.2, -0.15) is 0 Å². The van der Waals surface area contributed by atoms with E-state index in [1.807, 2.05) is 24.3 Å². The predicted octanol–water partition coefficient (Wildman–Crippen LogP) is 12.5. The summed E-state index contributed by atoms with van der Waals surface area (Å²) < 4.78 is 0. The molecular weight excluding hydrogens is 645 g/mol. The molecular formula is C50H34N2O. The minimum Gasteiger partial charge on any atom is -0.310 e. The molecule has 0 aliphatic heterocycles. The number of para-hydroxylation sites is 4. The van der Waals surface area contributed by atoms with Crippen LogP contribution in [0.3, 0.4) is 0 Å². The van der Waals surface area contributed by atoms with Crippen LogP contribution in [0.2, 0.25) is 0 Å². The van der Waals surface area contributed by atoms with Gasteiger partial charge in [0.2, 0.25) is 0 Å². The minimum absolute atomic E-state index is 0.0644. The maximum Gasteiger partial charge on any atom is 0.193 e. The lowest BCUT2D eigenvalue weighted by Gasteiger charge is -2.40. The summed E-state index contributed by atoms with van der Waals surface area (Å²) in [4.78, 5) is 19.0. The minimum atomic E-state index is -0.754. The quantitative estimate of drug-likeness (QED) is 0.175. The second-order valence-electron chi connectivity index (χ2n) is 13.6. The summed E-state index contributed by atoms with van der Waals surface area (Å²) in [6.45, 7) is 0. The van der Waals surface area contributed by atoms with Crippen LogP contribution in [-0.2, 0) is 5.41 Å². The maximum absolute atomic E-state index is 14.3. The molecule has 0 heterocycles. The number of nitrogens with zero attached hydrogens (tertiary/aromatic N) is 2. The molecule has 250 valence electrons. The molecule has 3 nitrogen and oxygen atoms in total. The molecule has 2 aliphatic rings. The van der Waals surface area contributed by atoms with Crippen molar-refractivity contribution in [3.63, 3.8) is 0 Å². The van der Waals surface area contributed by atoms with Crippen LogP contribution < -0.4 is 9.80 Å². The predicted molar refractivity (Wildman–Crippen MR) is 217 cm³/mol. The van der Waals surface area contributed by atoms with Crippen molar-refractivity contribution < 1.29 is 4.79 Å². The lowest BCUT2D eigenvalue weighted by atomic mass is 9.61. The van der Waals surface area contributed by atoms with Gasteiger partial charge < -0.3 is 9.80 Å². The van der Waals surface area contributed by atoms with Crippen LogP contribution in [0.25, 0.3) is 11.1 Å². The van der Waals surface area contributed by atoms with E-state index < -0.39 is 5.41 Å². The van der Waals surface area contributed by atoms with Gasteiger partial charge in [0, 0.05) is 45.3 Å². The van der Waals surface area contributed by atoms with E-state index in [0.717, 1.165) is 67.5 Å². The van der Waals surface area contributed by atoms with E-state index in [1.54, 1.807) is 0 Å². The number of fused-ring (bicyclic) bond motifs is 9. The third-order valence-electron chi connectivity index (χ3n) is 10.8. The second-order valence-corrected chi connectivity index (χ2v) is 13.6. The Morgan fingerprint density at radius 3 is 0.962 bits per heavy atom. The highest BCUT2D eigenvalue weighted by Gasteiger charge is 2.52. The lowest BCUT2D eigenvalue weighted by molar-refractivity contribution is 0.103. The highest BCUT2D eigenvalue weighted by molar-refractivity contribution is 6.15. The highest BCUT2D eigenvalue weighted by atomic mass is 16.1. The van der Waals surface area contributed by atoms with Gasteiger partial charge in [0.15, 0.2) is 5.78 Å². The number of benzene rings is 8. The Bertz CT molecular complexity index is 2370. The van der Waals surface area contributed by atoms with E-state index in [1.165, 1.54) is 11.1 Å². The van der Waals surface area contributed by atoms with Crippen molar-refractivity contribution in [3.05, 3.63) is 240 Å². The molecule has 10 rings (SSSR count). The molecule has 0 bridgehead atoms.